The number of nitrogens with zero attached hydrogens (tertiary/aromatic N) is 2. The molecular weight excluding hydrogens is 700 g/mol. The van der Waals surface area contributed by atoms with Gasteiger partial charge >= 0.3 is 11.9 Å². The highest BCUT2D eigenvalue weighted by atomic mass is 79.9. The number of aryl methyl sites for hydroxylation is 1. The van der Waals surface area contributed by atoms with Gasteiger partial charge in [0.2, 0.25) is 0 Å². The molecule has 220 valence electrons. The molecule has 1 atom stereocenters. The van der Waals surface area contributed by atoms with E-state index in [-0.39, 0.29) is 24.3 Å². The van der Waals surface area contributed by atoms with Crippen molar-refractivity contribution in [3.8, 4) is 5.75 Å². The minimum Gasteiger partial charge on any atom is -0.487 e. The topological polar surface area (TPSA) is 107 Å². The van der Waals surface area contributed by atoms with E-state index in [0.717, 1.165) is 22.3 Å². The van der Waals surface area contributed by atoms with Crippen molar-refractivity contribution in [2.24, 2.45) is 4.99 Å². The molecule has 11 heteroatoms. The number of esters is 1. The van der Waals surface area contributed by atoms with E-state index >= 15 is 0 Å². The van der Waals surface area contributed by atoms with E-state index < -0.39 is 18.0 Å². The molecule has 1 N–H and O–H groups in total. The van der Waals surface area contributed by atoms with Gasteiger partial charge in [0, 0.05) is 0 Å². The number of carbonyl (C=O) groups excluding carboxylic acids is 1. The third-order valence-electron chi connectivity index (χ3n) is 6.81. The summed E-state index contributed by atoms with van der Waals surface area (Å²) in [6.45, 7) is 5.93. The average molecular weight is 726 g/mol. The number of aromatic carboxylic acids is 1. The molecular formula is C32H26Br2N2O6S. The van der Waals surface area contributed by atoms with E-state index in [0.29, 0.717) is 35.3 Å². The number of allylic oxidation sites excluding steroid dienone is 1. The van der Waals surface area contributed by atoms with Crippen LogP contribution in [0.2, 0.25) is 0 Å². The maximum Gasteiger partial charge on any atom is 0.338 e. The van der Waals surface area contributed by atoms with Gasteiger partial charge in [0.1, 0.15) is 12.4 Å². The van der Waals surface area contributed by atoms with Crippen LogP contribution in [0.15, 0.2) is 90.7 Å². The molecule has 8 nitrogen and oxygen atoms in total. The number of fused-ring (bicyclic) bond motifs is 1. The first kappa shape index (κ1) is 30.7. The number of halogens is 2. The number of rotatable bonds is 8. The largest absolute Gasteiger partial charge is 0.487 e. The van der Waals surface area contributed by atoms with Gasteiger partial charge in [-0.2, -0.15) is 0 Å². The number of carboxylic acids is 1. The van der Waals surface area contributed by atoms with Crippen molar-refractivity contribution < 1.29 is 24.2 Å². The molecule has 3 aromatic carbocycles. The fourth-order valence-electron chi connectivity index (χ4n) is 4.71. The summed E-state index contributed by atoms with van der Waals surface area (Å²) in [5, 5.41) is 9.10. The Morgan fingerprint density at radius 1 is 1.05 bits per heavy atom. The Morgan fingerprint density at radius 2 is 1.70 bits per heavy atom. The Kier molecular flexibility index (Phi) is 9.14. The van der Waals surface area contributed by atoms with Gasteiger partial charge in [-0.3, -0.25) is 9.36 Å². The molecule has 43 heavy (non-hydrogen) atoms. The summed E-state index contributed by atoms with van der Waals surface area (Å²) in [6.07, 6.45) is 1.78. The van der Waals surface area contributed by atoms with Crippen molar-refractivity contribution in [2.45, 2.75) is 33.4 Å². The van der Waals surface area contributed by atoms with E-state index in [4.69, 9.17) is 14.6 Å². The lowest BCUT2D eigenvalue weighted by molar-refractivity contribution is -0.139. The van der Waals surface area contributed by atoms with Crippen LogP contribution < -0.4 is 19.6 Å². The van der Waals surface area contributed by atoms with Gasteiger partial charge in [-0.15, -0.1) is 0 Å². The lowest BCUT2D eigenvalue weighted by Gasteiger charge is -2.24. The number of carbonyl (C=O) groups is 2. The minimum atomic E-state index is -0.985. The van der Waals surface area contributed by atoms with Crippen molar-refractivity contribution >= 4 is 61.2 Å². The highest BCUT2D eigenvalue weighted by Gasteiger charge is 2.33. The van der Waals surface area contributed by atoms with Gasteiger partial charge in [0.15, 0.2) is 4.80 Å². The summed E-state index contributed by atoms with van der Waals surface area (Å²) in [5.74, 6) is -0.916. The predicted molar refractivity (Wildman–Crippen MR) is 171 cm³/mol. The number of hydrogen-bond donors (Lipinski definition) is 1. The molecule has 0 radical (unpaired) electrons. The van der Waals surface area contributed by atoms with Crippen molar-refractivity contribution in [3.63, 3.8) is 0 Å². The van der Waals surface area contributed by atoms with E-state index in [9.17, 15) is 14.4 Å². The van der Waals surface area contributed by atoms with Crippen molar-refractivity contribution in [2.75, 3.05) is 6.61 Å². The Hall–Kier alpha value is -3.80. The normalized spacial score (nSPS) is 14.7. The number of carboxylic acid groups (broad SMARTS) is 1. The highest BCUT2D eigenvalue weighted by molar-refractivity contribution is 9.11. The summed E-state index contributed by atoms with van der Waals surface area (Å²) in [4.78, 5) is 43.2. The van der Waals surface area contributed by atoms with E-state index in [2.05, 4.69) is 36.9 Å². The third-order valence-corrected chi connectivity index (χ3v) is 8.97. The summed E-state index contributed by atoms with van der Waals surface area (Å²) < 4.78 is 14.7. The summed E-state index contributed by atoms with van der Waals surface area (Å²) in [6, 6.07) is 17.2. The van der Waals surface area contributed by atoms with Gasteiger partial charge in [-0.05, 0) is 99.7 Å². The number of aromatic nitrogens is 1. The zero-order valence-corrected chi connectivity index (χ0v) is 27.4. The van der Waals surface area contributed by atoms with Gasteiger partial charge < -0.3 is 14.6 Å². The molecule has 5 rings (SSSR count). The maximum absolute atomic E-state index is 13.9. The second-order valence-corrected chi connectivity index (χ2v) is 12.5. The van der Waals surface area contributed by atoms with Gasteiger partial charge in [-0.1, -0.05) is 53.3 Å². The monoisotopic (exact) mass is 724 g/mol. The standard InChI is InChI=1S/C32H26Br2N2O6S/c1-4-41-31(40)26-18(3)35-32-36(27(26)21-9-5-17(2)6-10-21)29(37)25(43-32)15-20-13-23(33)28(24(34)14-20)42-16-19-7-11-22(12-8-19)30(38)39/h5-15,27H,4,16H2,1-3H3,(H,38,39)/b25-15+/t27-/m0/s1. The second kappa shape index (κ2) is 12.8. The Balaban J connectivity index is 1.51. The van der Waals surface area contributed by atoms with Gasteiger partial charge in [0.25, 0.3) is 5.56 Å². The van der Waals surface area contributed by atoms with Crippen LogP contribution in [0.3, 0.4) is 0 Å². The van der Waals surface area contributed by atoms with Crippen LogP contribution in [0.5, 0.6) is 5.75 Å². The number of ether oxygens (including phenoxy) is 2. The van der Waals surface area contributed by atoms with Gasteiger partial charge in [-0.25, -0.2) is 14.6 Å². The lowest BCUT2D eigenvalue weighted by Crippen LogP contribution is -2.39. The molecule has 0 spiro atoms. The first-order valence-electron chi connectivity index (χ1n) is 13.3. The van der Waals surface area contributed by atoms with E-state index in [1.54, 1.807) is 36.6 Å². The molecule has 4 aromatic rings. The molecule has 0 aliphatic carbocycles. The van der Waals surface area contributed by atoms with E-state index in [1.807, 2.05) is 43.3 Å². The third kappa shape index (κ3) is 6.43. The molecule has 0 bridgehead atoms. The quantitative estimate of drug-likeness (QED) is 0.227. The van der Waals surface area contributed by atoms with Crippen molar-refractivity contribution in [1.29, 1.82) is 0 Å². The average Bonchev–Trinajstić information content (AvgIpc) is 3.26. The zero-order valence-electron chi connectivity index (χ0n) is 23.4. The molecule has 1 aliphatic heterocycles. The first-order valence-corrected chi connectivity index (χ1v) is 15.7. The lowest BCUT2D eigenvalue weighted by atomic mass is 9.95. The smallest absolute Gasteiger partial charge is 0.338 e. The van der Waals surface area contributed by atoms with Crippen LogP contribution in [0.1, 0.15) is 52.5 Å². The van der Waals surface area contributed by atoms with Crippen LogP contribution in [-0.4, -0.2) is 28.2 Å². The molecule has 1 aromatic heterocycles. The van der Waals surface area contributed by atoms with Crippen molar-refractivity contribution in [1.82, 2.24) is 4.57 Å². The Morgan fingerprint density at radius 3 is 2.30 bits per heavy atom. The molecule has 0 saturated carbocycles. The summed E-state index contributed by atoms with van der Waals surface area (Å²) in [7, 11) is 0. The first-order chi connectivity index (χ1) is 20.6. The van der Waals surface area contributed by atoms with Crippen LogP contribution in [0, 0.1) is 6.92 Å². The molecule has 0 unspecified atom stereocenters. The maximum atomic E-state index is 13.9. The van der Waals surface area contributed by atoms with Crippen LogP contribution in [-0.2, 0) is 16.1 Å². The molecule has 0 saturated heterocycles. The number of thiazole rings is 1. The number of hydrogen-bond acceptors (Lipinski definition) is 7. The fourth-order valence-corrected chi connectivity index (χ4v) is 7.20. The molecule has 0 fully saturated rings. The van der Waals surface area contributed by atoms with Crippen LogP contribution in [0.25, 0.3) is 6.08 Å². The summed E-state index contributed by atoms with van der Waals surface area (Å²) in [5.41, 5.74) is 4.22. The zero-order chi connectivity index (χ0) is 30.8. The predicted octanol–water partition coefficient (Wildman–Crippen LogP) is 5.91. The second-order valence-electron chi connectivity index (χ2n) is 9.82. The van der Waals surface area contributed by atoms with Gasteiger partial charge in [0.05, 0.1) is 43.0 Å². The highest BCUT2D eigenvalue weighted by Crippen LogP contribution is 2.36. The van der Waals surface area contributed by atoms with Crippen LogP contribution in [0.4, 0.5) is 0 Å². The van der Waals surface area contributed by atoms with Crippen LogP contribution >= 0.6 is 43.2 Å². The fraction of sp³-hybridized carbons (Fsp3) is 0.188. The molecule has 1 aliphatic rings. The van der Waals surface area contributed by atoms with Crippen molar-refractivity contribution in [3.05, 3.63) is 128 Å². The molecule has 2 heterocycles. The molecule has 0 amide bonds. The summed E-state index contributed by atoms with van der Waals surface area (Å²) >= 11 is 8.40. The Labute approximate surface area is 267 Å². The Bertz CT molecular complexity index is 1920. The SMILES string of the molecule is CCOC(=O)C1=C(C)N=c2s/c(=C/c3cc(Br)c(OCc4ccc(C(=O)O)cc4)c(Br)c3)c(=O)n2[C@H]1c1ccc(C)cc1. The number of benzene rings is 3. The van der Waals surface area contributed by atoms with E-state index in [1.165, 1.54) is 23.5 Å². The minimum absolute atomic E-state index is 0.207.